The van der Waals surface area contributed by atoms with Gasteiger partial charge in [-0.3, -0.25) is 9.80 Å². The largest absolute Gasteiger partial charge is 0.445 e. The predicted molar refractivity (Wildman–Crippen MR) is 222 cm³/mol. The molecular formula is C47H46N6O4. The van der Waals surface area contributed by atoms with Gasteiger partial charge in [0.05, 0.1) is 35.0 Å². The number of ether oxygens (including phenoxy) is 2. The number of carbonyl (C=O) groups is 2. The Hall–Kier alpha value is -6.42. The Bertz CT molecular complexity index is 2570. The zero-order chi connectivity index (χ0) is 39.1. The summed E-state index contributed by atoms with van der Waals surface area (Å²) in [6.45, 7) is 7.23. The maximum atomic E-state index is 13.0. The molecule has 2 atom stereocenters. The Kier molecular flexibility index (Phi) is 9.48. The lowest BCUT2D eigenvalue weighted by atomic mass is 9.97. The van der Waals surface area contributed by atoms with Crippen molar-refractivity contribution in [1.82, 2.24) is 29.7 Å². The van der Waals surface area contributed by atoms with Crippen molar-refractivity contribution in [3.8, 4) is 33.5 Å². The first-order valence-corrected chi connectivity index (χ1v) is 19.8. The SMILES string of the molecule is CC(C)(C)OC(=O)N1CCC[C@H]1c1nc2ccc(-c3ccc4ccc(-c5ccc(-c6cnc([C@@H]7CCCN7C(=O)OCc7ccccc7)[nH]6)cc5)cc4c3)cc2[nH]1. The highest BCUT2D eigenvalue weighted by Crippen LogP contribution is 2.36. The van der Waals surface area contributed by atoms with E-state index in [1.54, 1.807) is 9.80 Å². The molecule has 0 aliphatic carbocycles. The number of benzene rings is 5. The summed E-state index contributed by atoms with van der Waals surface area (Å²) < 4.78 is 11.3. The van der Waals surface area contributed by atoms with E-state index >= 15 is 0 Å². The lowest BCUT2D eigenvalue weighted by Gasteiger charge is -2.27. The average molecular weight is 759 g/mol. The molecule has 0 spiro atoms. The van der Waals surface area contributed by atoms with Crippen LogP contribution in [0.2, 0.25) is 0 Å². The van der Waals surface area contributed by atoms with Crippen LogP contribution in [-0.2, 0) is 16.1 Å². The zero-order valence-corrected chi connectivity index (χ0v) is 32.5. The summed E-state index contributed by atoms with van der Waals surface area (Å²) in [7, 11) is 0. The maximum Gasteiger partial charge on any atom is 0.410 e. The van der Waals surface area contributed by atoms with Crippen LogP contribution in [0, 0.1) is 0 Å². The van der Waals surface area contributed by atoms with Gasteiger partial charge in [0.15, 0.2) is 0 Å². The van der Waals surface area contributed by atoms with Crippen LogP contribution in [0.1, 0.15) is 75.8 Å². The van der Waals surface area contributed by atoms with Crippen molar-refractivity contribution >= 4 is 34.0 Å². The molecule has 10 heteroatoms. The van der Waals surface area contributed by atoms with Gasteiger partial charge in [-0.25, -0.2) is 19.6 Å². The van der Waals surface area contributed by atoms with Crippen molar-refractivity contribution in [2.24, 2.45) is 0 Å². The fourth-order valence-electron chi connectivity index (χ4n) is 8.13. The fraction of sp³-hybridized carbons (Fsp3) is 0.277. The van der Waals surface area contributed by atoms with Gasteiger partial charge in [-0.1, -0.05) is 84.9 Å². The molecule has 2 fully saturated rings. The first-order valence-electron chi connectivity index (χ1n) is 19.8. The van der Waals surface area contributed by atoms with Gasteiger partial charge in [-0.05, 0) is 115 Å². The summed E-state index contributed by atoms with van der Waals surface area (Å²) in [6.07, 6.45) is 4.75. The summed E-state index contributed by atoms with van der Waals surface area (Å²) in [5.41, 5.74) is 8.63. The van der Waals surface area contributed by atoms with Crippen molar-refractivity contribution in [1.29, 1.82) is 0 Å². The quantitative estimate of drug-likeness (QED) is 0.167. The van der Waals surface area contributed by atoms with Crippen LogP contribution in [0.15, 0.2) is 115 Å². The van der Waals surface area contributed by atoms with E-state index in [1.165, 1.54) is 5.39 Å². The number of H-pyrrole nitrogens is 2. The second-order valence-electron chi connectivity index (χ2n) is 16.1. The number of likely N-dealkylation sites (tertiary alicyclic amines) is 2. The minimum atomic E-state index is -0.549. The van der Waals surface area contributed by atoms with Crippen molar-refractivity contribution in [3.05, 3.63) is 133 Å². The highest BCUT2D eigenvalue weighted by molar-refractivity contribution is 5.92. The number of aromatic nitrogens is 4. The van der Waals surface area contributed by atoms with Crippen molar-refractivity contribution in [2.45, 2.75) is 70.7 Å². The number of nitrogens with zero attached hydrogens (tertiary/aromatic N) is 4. The van der Waals surface area contributed by atoms with Crippen molar-refractivity contribution < 1.29 is 19.1 Å². The molecule has 7 aromatic rings. The van der Waals surface area contributed by atoms with E-state index in [2.05, 4.69) is 82.8 Å². The van der Waals surface area contributed by atoms with Gasteiger partial charge < -0.3 is 19.4 Å². The average Bonchev–Trinajstić information content (AvgIpc) is 4.05. The molecule has 2 aromatic heterocycles. The van der Waals surface area contributed by atoms with Crippen LogP contribution < -0.4 is 0 Å². The van der Waals surface area contributed by atoms with Gasteiger partial charge >= 0.3 is 12.2 Å². The topological polar surface area (TPSA) is 116 Å². The molecule has 2 amide bonds. The molecule has 0 unspecified atom stereocenters. The first kappa shape index (κ1) is 36.2. The van der Waals surface area contributed by atoms with Crippen LogP contribution in [0.4, 0.5) is 9.59 Å². The van der Waals surface area contributed by atoms with Crippen LogP contribution in [0.5, 0.6) is 0 Å². The van der Waals surface area contributed by atoms with Gasteiger partial charge in [0.1, 0.15) is 23.9 Å². The number of carbonyl (C=O) groups excluding carboxylic acids is 2. The molecule has 2 aliphatic heterocycles. The van der Waals surface area contributed by atoms with Crippen LogP contribution in [-0.4, -0.2) is 60.6 Å². The van der Waals surface area contributed by atoms with Crippen LogP contribution in [0.25, 0.3) is 55.3 Å². The number of aromatic amines is 2. The summed E-state index contributed by atoms with van der Waals surface area (Å²) in [4.78, 5) is 46.2. The summed E-state index contributed by atoms with van der Waals surface area (Å²) >= 11 is 0. The van der Waals surface area contributed by atoms with E-state index in [1.807, 2.05) is 63.4 Å². The summed E-state index contributed by atoms with van der Waals surface area (Å²) in [5, 5.41) is 2.32. The Morgan fingerprint density at radius 1 is 0.684 bits per heavy atom. The highest BCUT2D eigenvalue weighted by atomic mass is 16.6. The molecule has 0 saturated carbocycles. The molecule has 288 valence electrons. The smallest absolute Gasteiger partial charge is 0.410 e. The molecule has 2 aliphatic rings. The molecule has 0 bridgehead atoms. The van der Waals surface area contributed by atoms with Gasteiger partial charge in [0.25, 0.3) is 0 Å². The standard InChI is InChI=1S/C47H46N6O4/c1-47(2,3)57-46(55)53-24-8-12-42(53)44-49-38-22-21-36(27-39(38)50-44)35-20-16-32-15-19-34(25-37(32)26-35)31-13-17-33(18-14-31)40-28-48-43(51-40)41-11-7-23-52(41)45(54)56-29-30-9-5-4-6-10-30/h4-6,9-10,13-22,25-28,41-42H,7-8,11-12,23-24,29H2,1-3H3,(H,48,51)(H,49,50)/t41-,42-/m0/s1. The Morgan fingerprint density at radius 2 is 1.30 bits per heavy atom. The third kappa shape index (κ3) is 7.59. The zero-order valence-electron chi connectivity index (χ0n) is 32.5. The Morgan fingerprint density at radius 3 is 2.02 bits per heavy atom. The van der Waals surface area contributed by atoms with Crippen molar-refractivity contribution in [2.75, 3.05) is 13.1 Å². The second kappa shape index (κ2) is 14.9. The first-order chi connectivity index (χ1) is 27.6. The normalized spacial score (nSPS) is 17.1. The molecule has 0 radical (unpaired) electrons. The van der Waals surface area contributed by atoms with Gasteiger partial charge in [0.2, 0.25) is 0 Å². The van der Waals surface area contributed by atoms with Gasteiger partial charge in [-0.15, -0.1) is 0 Å². The van der Waals surface area contributed by atoms with E-state index in [0.717, 1.165) is 92.8 Å². The number of hydrogen-bond donors (Lipinski definition) is 2. The number of rotatable bonds is 7. The van der Waals surface area contributed by atoms with Gasteiger partial charge in [0, 0.05) is 13.1 Å². The van der Waals surface area contributed by atoms with Crippen LogP contribution >= 0.6 is 0 Å². The number of amides is 2. The number of imidazole rings is 2. The molecule has 4 heterocycles. The lowest BCUT2D eigenvalue weighted by molar-refractivity contribution is 0.0218. The van der Waals surface area contributed by atoms with Crippen LogP contribution in [0.3, 0.4) is 0 Å². The Balaban J connectivity index is 0.895. The van der Waals surface area contributed by atoms with E-state index < -0.39 is 5.60 Å². The van der Waals surface area contributed by atoms with E-state index in [-0.39, 0.29) is 30.9 Å². The number of nitrogens with one attached hydrogen (secondary N) is 2. The number of hydrogen-bond acceptors (Lipinski definition) is 6. The molecule has 2 N–H and O–H groups in total. The maximum absolute atomic E-state index is 13.0. The molecule has 5 aromatic carbocycles. The fourth-order valence-corrected chi connectivity index (χ4v) is 8.13. The van der Waals surface area contributed by atoms with E-state index in [0.29, 0.717) is 13.1 Å². The predicted octanol–water partition coefficient (Wildman–Crippen LogP) is 11.0. The monoisotopic (exact) mass is 758 g/mol. The molecular weight excluding hydrogens is 713 g/mol. The van der Waals surface area contributed by atoms with Gasteiger partial charge in [-0.2, -0.15) is 0 Å². The minimum absolute atomic E-state index is 0.133. The summed E-state index contributed by atoms with van der Waals surface area (Å²) in [6, 6.07) is 37.4. The molecule has 57 heavy (non-hydrogen) atoms. The molecule has 2 saturated heterocycles. The van der Waals surface area contributed by atoms with Crippen molar-refractivity contribution in [3.63, 3.8) is 0 Å². The summed E-state index contributed by atoms with van der Waals surface area (Å²) in [5.74, 6) is 1.57. The van der Waals surface area contributed by atoms with E-state index in [9.17, 15) is 9.59 Å². The number of fused-ring (bicyclic) bond motifs is 2. The third-order valence-electron chi connectivity index (χ3n) is 11.0. The Labute approximate surface area is 331 Å². The third-order valence-corrected chi connectivity index (χ3v) is 11.0. The highest BCUT2D eigenvalue weighted by Gasteiger charge is 2.35. The molecule has 9 rings (SSSR count). The van der Waals surface area contributed by atoms with E-state index in [4.69, 9.17) is 19.4 Å². The molecule has 10 nitrogen and oxygen atoms in total. The minimum Gasteiger partial charge on any atom is -0.445 e. The lowest BCUT2D eigenvalue weighted by Crippen LogP contribution is -2.36. The second-order valence-corrected chi connectivity index (χ2v) is 16.1.